The molecule has 2 N–H and O–H groups in total. The maximum atomic E-state index is 12.4. The molecule has 134 valence electrons. The molecule has 1 aromatic carbocycles. The highest BCUT2D eigenvalue weighted by atomic mass is 32.1. The van der Waals surface area contributed by atoms with Gasteiger partial charge in [-0.2, -0.15) is 0 Å². The molecular weight excluding hydrogens is 350 g/mol. The third kappa shape index (κ3) is 4.25. The first-order chi connectivity index (χ1) is 12.7. The number of Topliss-reactive ketones (excluding diaryl/α,β-unsaturated/α-hetero) is 1. The van der Waals surface area contributed by atoms with Gasteiger partial charge in [-0.3, -0.25) is 9.78 Å². The van der Waals surface area contributed by atoms with Crippen molar-refractivity contribution >= 4 is 28.7 Å². The number of para-hydroxylation sites is 1. The quantitative estimate of drug-likeness (QED) is 0.758. The van der Waals surface area contributed by atoms with E-state index < -0.39 is 0 Å². The molecule has 1 aliphatic rings. The molecule has 0 atom stereocenters. The molecule has 0 unspecified atom stereocenters. The lowest BCUT2D eigenvalue weighted by Gasteiger charge is -2.22. The summed E-state index contributed by atoms with van der Waals surface area (Å²) in [6, 6.07) is 11.4. The number of pyridine rings is 1. The van der Waals surface area contributed by atoms with Crippen molar-refractivity contribution in [3.8, 4) is 5.75 Å². The van der Waals surface area contributed by atoms with Crippen molar-refractivity contribution in [2.45, 2.75) is 6.54 Å². The molecule has 1 aliphatic heterocycles. The van der Waals surface area contributed by atoms with Crippen LogP contribution in [-0.4, -0.2) is 36.1 Å². The van der Waals surface area contributed by atoms with E-state index in [0.717, 1.165) is 11.3 Å². The molecule has 0 bridgehead atoms. The van der Waals surface area contributed by atoms with Crippen LogP contribution in [0.15, 0.2) is 60.1 Å². The number of ketones is 1. The van der Waals surface area contributed by atoms with Crippen molar-refractivity contribution in [2.24, 2.45) is 0 Å². The summed E-state index contributed by atoms with van der Waals surface area (Å²) in [4.78, 5) is 16.8. The summed E-state index contributed by atoms with van der Waals surface area (Å²) in [5.74, 6) is 0.532. The SMILES string of the molecule is COc1cnccc1CNC1=C(C(=S)Nc2ccccc2)C(=O)COC1. The molecule has 0 amide bonds. The second-order valence-electron chi connectivity index (χ2n) is 5.63. The van der Waals surface area contributed by atoms with Crippen LogP contribution in [0.1, 0.15) is 5.56 Å². The minimum Gasteiger partial charge on any atom is -0.495 e. The van der Waals surface area contributed by atoms with Crippen LogP contribution in [0.3, 0.4) is 0 Å². The molecular formula is C19H19N3O3S. The number of carbonyl (C=O) groups is 1. The number of nitrogens with one attached hydrogen (secondary N) is 2. The highest BCUT2D eigenvalue weighted by molar-refractivity contribution is 7.81. The van der Waals surface area contributed by atoms with Crippen LogP contribution in [0.5, 0.6) is 5.75 Å². The summed E-state index contributed by atoms with van der Waals surface area (Å²) in [6.45, 7) is 0.788. The second-order valence-corrected chi connectivity index (χ2v) is 6.04. The standard InChI is InChI=1S/C19H19N3O3S/c1-24-17-10-20-8-7-13(17)9-21-15-11-25-12-16(23)18(15)19(26)22-14-5-3-2-4-6-14/h2-8,10,21H,9,11-12H2,1H3,(H,22,26). The van der Waals surface area contributed by atoms with E-state index in [9.17, 15) is 4.79 Å². The number of hydrogen-bond acceptors (Lipinski definition) is 6. The van der Waals surface area contributed by atoms with Gasteiger partial charge in [0.1, 0.15) is 17.3 Å². The summed E-state index contributed by atoms with van der Waals surface area (Å²) in [5.41, 5.74) is 2.88. The van der Waals surface area contributed by atoms with E-state index in [4.69, 9.17) is 21.7 Å². The van der Waals surface area contributed by atoms with Gasteiger partial charge in [0.15, 0.2) is 5.78 Å². The lowest BCUT2D eigenvalue weighted by atomic mass is 10.1. The molecule has 0 spiro atoms. The number of carbonyl (C=O) groups excluding carboxylic acids is 1. The first-order valence-electron chi connectivity index (χ1n) is 8.10. The van der Waals surface area contributed by atoms with Gasteiger partial charge in [-0.25, -0.2) is 0 Å². The van der Waals surface area contributed by atoms with E-state index in [1.807, 2.05) is 36.4 Å². The van der Waals surface area contributed by atoms with Crippen molar-refractivity contribution in [1.29, 1.82) is 0 Å². The average Bonchev–Trinajstić information content (AvgIpc) is 2.67. The topological polar surface area (TPSA) is 72.5 Å². The number of anilines is 1. The second kappa shape index (κ2) is 8.55. The number of benzene rings is 1. The van der Waals surface area contributed by atoms with Gasteiger partial charge in [0.2, 0.25) is 0 Å². The molecule has 3 rings (SSSR count). The number of hydrogen-bond donors (Lipinski definition) is 2. The predicted octanol–water partition coefficient (Wildman–Crippen LogP) is 2.47. The zero-order chi connectivity index (χ0) is 18.4. The zero-order valence-corrected chi connectivity index (χ0v) is 15.1. The lowest BCUT2D eigenvalue weighted by molar-refractivity contribution is -0.120. The van der Waals surface area contributed by atoms with Gasteiger partial charge < -0.3 is 20.1 Å². The fourth-order valence-electron chi connectivity index (χ4n) is 2.62. The summed E-state index contributed by atoms with van der Waals surface area (Å²) in [6.07, 6.45) is 3.34. The maximum absolute atomic E-state index is 12.4. The van der Waals surface area contributed by atoms with E-state index in [2.05, 4.69) is 15.6 Å². The third-order valence-corrected chi connectivity index (χ3v) is 4.21. The highest BCUT2D eigenvalue weighted by Crippen LogP contribution is 2.19. The molecule has 0 saturated carbocycles. The van der Waals surface area contributed by atoms with Gasteiger partial charge in [0, 0.05) is 24.0 Å². The van der Waals surface area contributed by atoms with Gasteiger partial charge >= 0.3 is 0 Å². The van der Waals surface area contributed by atoms with Crippen LogP contribution < -0.4 is 15.4 Å². The minimum atomic E-state index is -0.145. The Labute approximate surface area is 157 Å². The first kappa shape index (κ1) is 18.0. The van der Waals surface area contributed by atoms with Gasteiger partial charge in [-0.1, -0.05) is 30.4 Å². The summed E-state index contributed by atoms with van der Waals surface area (Å²) < 4.78 is 10.7. The van der Waals surface area contributed by atoms with Gasteiger partial charge in [0.25, 0.3) is 0 Å². The highest BCUT2D eigenvalue weighted by Gasteiger charge is 2.25. The molecule has 2 aromatic rings. The first-order valence-corrected chi connectivity index (χ1v) is 8.51. The largest absolute Gasteiger partial charge is 0.495 e. The minimum absolute atomic E-state index is 0.0235. The molecule has 0 fully saturated rings. The average molecular weight is 369 g/mol. The van der Waals surface area contributed by atoms with E-state index in [0.29, 0.717) is 35.2 Å². The Hall–Kier alpha value is -2.77. The van der Waals surface area contributed by atoms with E-state index in [-0.39, 0.29) is 12.4 Å². The van der Waals surface area contributed by atoms with Crippen LogP contribution in [0.25, 0.3) is 0 Å². The van der Waals surface area contributed by atoms with Crippen LogP contribution >= 0.6 is 12.2 Å². The zero-order valence-electron chi connectivity index (χ0n) is 14.3. The number of thiocarbonyl (C=S) groups is 1. The number of ether oxygens (including phenoxy) is 2. The van der Waals surface area contributed by atoms with Gasteiger partial charge in [-0.15, -0.1) is 0 Å². The Kier molecular flexibility index (Phi) is 5.93. The number of nitrogens with zero attached hydrogens (tertiary/aromatic N) is 1. The van der Waals surface area contributed by atoms with Crippen molar-refractivity contribution in [3.63, 3.8) is 0 Å². The predicted molar refractivity (Wildman–Crippen MR) is 103 cm³/mol. The molecule has 26 heavy (non-hydrogen) atoms. The molecule has 6 nitrogen and oxygen atoms in total. The number of rotatable bonds is 6. The Morgan fingerprint density at radius 2 is 2.08 bits per heavy atom. The number of aromatic nitrogens is 1. The smallest absolute Gasteiger partial charge is 0.193 e. The number of methoxy groups -OCH3 is 1. The van der Waals surface area contributed by atoms with Crippen molar-refractivity contribution < 1.29 is 14.3 Å². The van der Waals surface area contributed by atoms with E-state index in [1.165, 1.54) is 0 Å². The van der Waals surface area contributed by atoms with Gasteiger partial charge in [-0.05, 0) is 18.2 Å². The third-order valence-electron chi connectivity index (χ3n) is 3.90. The lowest BCUT2D eigenvalue weighted by Crippen LogP contribution is -2.34. The molecule has 0 saturated heterocycles. The monoisotopic (exact) mass is 369 g/mol. The Morgan fingerprint density at radius 1 is 1.27 bits per heavy atom. The summed E-state index contributed by atoms with van der Waals surface area (Å²) in [5, 5.41) is 6.37. The Balaban J connectivity index is 1.80. The van der Waals surface area contributed by atoms with Crippen LogP contribution in [-0.2, 0) is 16.1 Å². The summed E-state index contributed by atoms with van der Waals surface area (Å²) in [7, 11) is 1.59. The molecule has 1 aromatic heterocycles. The van der Waals surface area contributed by atoms with E-state index >= 15 is 0 Å². The normalized spacial score (nSPS) is 14.1. The summed E-state index contributed by atoms with van der Waals surface area (Å²) >= 11 is 5.47. The van der Waals surface area contributed by atoms with Gasteiger partial charge in [0.05, 0.1) is 31.2 Å². The van der Waals surface area contributed by atoms with E-state index in [1.54, 1.807) is 19.5 Å². The fraction of sp³-hybridized carbons (Fsp3) is 0.211. The van der Waals surface area contributed by atoms with Crippen LogP contribution in [0.4, 0.5) is 5.69 Å². The Morgan fingerprint density at radius 3 is 2.85 bits per heavy atom. The Bertz CT molecular complexity index is 837. The molecule has 2 heterocycles. The fourth-order valence-corrected chi connectivity index (χ4v) is 2.97. The van der Waals surface area contributed by atoms with Crippen LogP contribution in [0.2, 0.25) is 0 Å². The van der Waals surface area contributed by atoms with Crippen molar-refractivity contribution in [1.82, 2.24) is 10.3 Å². The molecule has 0 aliphatic carbocycles. The molecule has 0 radical (unpaired) electrons. The van der Waals surface area contributed by atoms with Crippen molar-refractivity contribution in [2.75, 3.05) is 25.6 Å². The van der Waals surface area contributed by atoms with Crippen LogP contribution in [0, 0.1) is 0 Å². The van der Waals surface area contributed by atoms with Crippen molar-refractivity contribution in [3.05, 3.63) is 65.6 Å². The molecule has 7 heteroatoms. The maximum Gasteiger partial charge on any atom is 0.193 e.